The first kappa shape index (κ1) is 24.2. The van der Waals surface area contributed by atoms with Crippen LogP contribution in [-0.2, 0) is 4.79 Å². The average Bonchev–Trinajstić information content (AvgIpc) is 2.69. The van der Waals surface area contributed by atoms with Crippen molar-refractivity contribution in [3.05, 3.63) is 0 Å². The highest BCUT2D eigenvalue weighted by Crippen LogP contribution is 2.42. The molecule has 8 atom stereocenters. The monoisotopic (exact) mass is 434 g/mol. The number of thioether (sulfide) groups is 1. The third-order valence-electron chi connectivity index (χ3n) is 5.83. The van der Waals surface area contributed by atoms with Crippen molar-refractivity contribution in [2.45, 2.75) is 79.4 Å². The van der Waals surface area contributed by atoms with Crippen LogP contribution in [0.3, 0.4) is 0 Å². The molecule has 1 aliphatic heterocycles. The molecule has 0 aromatic rings. The van der Waals surface area contributed by atoms with Crippen LogP contribution < -0.4 is 16.8 Å². The number of aliphatic imine (C=N–C) groups is 1. The Bertz CT molecular complexity index is 562. The van der Waals surface area contributed by atoms with E-state index >= 15 is 0 Å². The Labute approximate surface area is 174 Å². The summed E-state index contributed by atoms with van der Waals surface area (Å²) in [4.78, 5) is 15.6. The van der Waals surface area contributed by atoms with Gasteiger partial charge < -0.3 is 42.3 Å². The van der Waals surface area contributed by atoms with E-state index in [2.05, 4.69) is 10.3 Å². The number of hydrogen-bond acceptors (Lipinski definition) is 8. The minimum Gasteiger partial charge on any atom is -0.480 e. The molecule has 0 aromatic heterocycles. The number of carboxylic acids is 1. The topological polar surface area (TPSA) is 195 Å². The zero-order chi connectivity index (χ0) is 21.6. The number of nitrogens with zero attached hydrogens (tertiary/aromatic N) is 1. The van der Waals surface area contributed by atoms with Crippen molar-refractivity contribution >= 4 is 23.7 Å². The molecule has 0 radical (unpaired) electrons. The molecule has 10 nitrogen and oxygen atoms in total. The van der Waals surface area contributed by atoms with E-state index in [0.29, 0.717) is 19.4 Å². The van der Waals surface area contributed by atoms with Gasteiger partial charge in [0.2, 0.25) is 0 Å². The van der Waals surface area contributed by atoms with Crippen molar-refractivity contribution in [2.24, 2.45) is 22.4 Å². The molecule has 0 aromatic carbocycles. The molecule has 0 bridgehead atoms. The smallest absolute Gasteiger partial charge is 0.320 e. The molecule has 2 aliphatic rings. The third-order valence-corrected chi connectivity index (χ3v) is 7.55. The number of nitrogens with two attached hydrogens (primary N) is 2. The molecule has 1 saturated carbocycles. The largest absolute Gasteiger partial charge is 0.480 e. The fourth-order valence-corrected chi connectivity index (χ4v) is 5.95. The molecule has 1 saturated heterocycles. The van der Waals surface area contributed by atoms with Gasteiger partial charge in [-0.3, -0.25) is 9.79 Å². The number of guanidine groups is 1. The minimum atomic E-state index is -1.34. The maximum atomic E-state index is 11.7. The lowest BCUT2D eigenvalue weighted by molar-refractivity contribution is -0.140. The number of nitrogens with one attached hydrogen (secondary N) is 1. The highest BCUT2D eigenvalue weighted by Gasteiger charge is 2.48. The van der Waals surface area contributed by atoms with E-state index in [-0.39, 0.29) is 24.5 Å². The predicted octanol–water partition coefficient (Wildman–Crippen LogP) is -1.80. The lowest BCUT2D eigenvalue weighted by atomic mass is 9.78. The van der Waals surface area contributed by atoms with Crippen LogP contribution in [0.4, 0.5) is 0 Å². The SMILES string of the molecule is NC(N)=NCCC[C@H](NC1CCCCC1[C@@H]1S[C@H](CO)[C@H](O)[C@H](O)[C@H]1O)C(=O)O. The number of hydrogen-bond donors (Lipinski definition) is 8. The second-order valence-electron chi connectivity index (χ2n) is 7.85. The van der Waals surface area contributed by atoms with Crippen LogP contribution in [0.5, 0.6) is 0 Å². The first-order chi connectivity index (χ1) is 13.8. The van der Waals surface area contributed by atoms with Crippen molar-refractivity contribution < 1.29 is 30.3 Å². The molecule has 2 rings (SSSR count). The summed E-state index contributed by atoms with van der Waals surface area (Å²) in [6, 6.07) is -0.924. The number of carboxylic acid groups (broad SMARTS) is 1. The number of carbonyl (C=O) groups is 1. The van der Waals surface area contributed by atoms with E-state index in [4.69, 9.17) is 11.5 Å². The zero-order valence-corrected chi connectivity index (χ0v) is 17.2. The molecule has 168 valence electrons. The van der Waals surface area contributed by atoms with Crippen LogP contribution in [0.25, 0.3) is 0 Å². The van der Waals surface area contributed by atoms with Gasteiger partial charge in [0.05, 0.1) is 24.1 Å². The molecule has 1 heterocycles. The van der Waals surface area contributed by atoms with Crippen LogP contribution in [0, 0.1) is 5.92 Å². The van der Waals surface area contributed by atoms with E-state index in [9.17, 15) is 30.3 Å². The first-order valence-electron chi connectivity index (χ1n) is 10.1. The van der Waals surface area contributed by atoms with E-state index in [1.165, 1.54) is 11.8 Å². The van der Waals surface area contributed by atoms with Crippen molar-refractivity contribution in [3.63, 3.8) is 0 Å². The van der Waals surface area contributed by atoms with Gasteiger partial charge in [-0.1, -0.05) is 12.8 Å². The molecule has 1 aliphatic carbocycles. The van der Waals surface area contributed by atoms with Crippen LogP contribution in [-0.4, -0.2) is 91.5 Å². The normalized spacial score (nSPS) is 36.3. The summed E-state index contributed by atoms with van der Waals surface area (Å²) in [7, 11) is 0. The summed E-state index contributed by atoms with van der Waals surface area (Å²) in [6.45, 7) is 0.0425. The number of rotatable bonds is 9. The van der Waals surface area contributed by atoms with Gasteiger partial charge in [-0.05, 0) is 31.6 Å². The van der Waals surface area contributed by atoms with E-state index < -0.39 is 40.8 Å². The summed E-state index contributed by atoms with van der Waals surface area (Å²) in [6.07, 6.45) is 0.601. The second-order valence-corrected chi connectivity index (χ2v) is 9.28. The maximum Gasteiger partial charge on any atom is 0.320 e. The van der Waals surface area contributed by atoms with Crippen LogP contribution in [0.2, 0.25) is 0 Å². The van der Waals surface area contributed by atoms with Crippen LogP contribution >= 0.6 is 11.8 Å². The van der Waals surface area contributed by atoms with E-state index in [1.54, 1.807) is 0 Å². The summed E-state index contributed by atoms with van der Waals surface area (Å²) >= 11 is 1.28. The summed E-state index contributed by atoms with van der Waals surface area (Å²) in [5.74, 6) is -1.07. The molecule has 0 amide bonds. The quantitative estimate of drug-likeness (QED) is 0.116. The van der Waals surface area contributed by atoms with E-state index in [0.717, 1.165) is 25.7 Å². The van der Waals surface area contributed by atoms with Gasteiger partial charge in [0.15, 0.2) is 5.96 Å². The Morgan fingerprint density at radius 2 is 1.83 bits per heavy atom. The fraction of sp³-hybridized carbons (Fsp3) is 0.889. The van der Waals surface area contributed by atoms with Crippen molar-refractivity contribution in [3.8, 4) is 0 Å². The van der Waals surface area contributed by atoms with Crippen molar-refractivity contribution in [1.82, 2.24) is 5.32 Å². The highest BCUT2D eigenvalue weighted by atomic mass is 32.2. The number of aliphatic hydroxyl groups excluding tert-OH is 4. The molecular formula is C18H34N4O6S. The standard InChI is InChI=1S/C18H34N4O6S/c19-18(20)21-7-3-6-11(17(27)28)22-10-5-2-1-4-9(10)16-15(26)14(25)13(24)12(8-23)29-16/h9-16,22-26H,1-8H2,(H,27,28)(H4,19,20,21)/t9?,10?,11-,12+,13-,14-,15+,16-/m0/s1. The Balaban J connectivity index is 2.07. The first-order valence-corrected chi connectivity index (χ1v) is 11.0. The lowest BCUT2D eigenvalue weighted by Crippen LogP contribution is -2.59. The summed E-state index contributed by atoms with van der Waals surface area (Å²) < 4.78 is 0. The van der Waals surface area contributed by atoms with Gasteiger partial charge >= 0.3 is 5.97 Å². The van der Waals surface area contributed by atoms with Crippen LogP contribution in [0.15, 0.2) is 4.99 Å². The molecule has 2 fully saturated rings. The Hall–Kier alpha value is -1.11. The Morgan fingerprint density at radius 1 is 1.14 bits per heavy atom. The van der Waals surface area contributed by atoms with E-state index in [1.807, 2.05) is 0 Å². The average molecular weight is 435 g/mol. The lowest BCUT2D eigenvalue weighted by Gasteiger charge is -2.46. The molecule has 10 N–H and O–H groups in total. The molecule has 29 heavy (non-hydrogen) atoms. The molecule has 11 heteroatoms. The zero-order valence-electron chi connectivity index (χ0n) is 16.4. The van der Waals surface area contributed by atoms with Crippen molar-refractivity contribution in [1.29, 1.82) is 0 Å². The van der Waals surface area contributed by atoms with Gasteiger partial charge in [0, 0.05) is 17.8 Å². The van der Waals surface area contributed by atoms with Gasteiger partial charge in [0.25, 0.3) is 0 Å². The van der Waals surface area contributed by atoms with Crippen LogP contribution in [0.1, 0.15) is 38.5 Å². The highest BCUT2D eigenvalue weighted by molar-refractivity contribution is 8.00. The summed E-state index contributed by atoms with van der Waals surface area (Å²) in [5, 5.41) is 52.2. The second kappa shape index (κ2) is 11.3. The number of aliphatic carboxylic acids is 1. The number of aliphatic hydroxyl groups is 4. The third kappa shape index (κ3) is 6.43. The van der Waals surface area contributed by atoms with Gasteiger partial charge in [-0.15, -0.1) is 11.8 Å². The Morgan fingerprint density at radius 3 is 2.45 bits per heavy atom. The minimum absolute atomic E-state index is 0.0281. The predicted molar refractivity (Wildman–Crippen MR) is 110 cm³/mol. The molecule has 0 spiro atoms. The Kier molecular flexibility index (Phi) is 9.44. The van der Waals surface area contributed by atoms with Gasteiger partial charge in [-0.2, -0.15) is 0 Å². The fourth-order valence-electron chi connectivity index (χ4n) is 4.28. The summed E-state index contributed by atoms with van der Waals surface area (Å²) in [5.41, 5.74) is 10.6. The molecular weight excluding hydrogens is 400 g/mol. The molecule has 2 unspecified atom stereocenters. The maximum absolute atomic E-state index is 11.7. The van der Waals surface area contributed by atoms with Gasteiger partial charge in [0.1, 0.15) is 12.1 Å². The van der Waals surface area contributed by atoms with Crippen molar-refractivity contribution in [2.75, 3.05) is 13.2 Å². The van der Waals surface area contributed by atoms with Gasteiger partial charge in [-0.25, -0.2) is 0 Å².